The van der Waals surface area contributed by atoms with Gasteiger partial charge in [-0.25, -0.2) is 4.79 Å². The fraction of sp³-hybridized carbons (Fsp3) is 0.667. The summed E-state index contributed by atoms with van der Waals surface area (Å²) in [7, 11) is 0. The van der Waals surface area contributed by atoms with Crippen LogP contribution in [0.25, 0.3) is 0 Å². The third kappa shape index (κ3) is 6.01. The molecular weight excluding hydrogens is 216 g/mol. The van der Waals surface area contributed by atoms with Gasteiger partial charge >= 0.3 is 5.97 Å². The molecule has 0 saturated carbocycles. The fourth-order valence-corrected chi connectivity index (χ4v) is 1.23. The topological polar surface area (TPSA) is 78.4 Å². The minimum absolute atomic E-state index is 0.0443. The van der Waals surface area contributed by atoms with Gasteiger partial charge in [0.15, 0.2) is 5.11 Å². The van der Waals surface area contributed by atoms with E-state index in [1.807, 2.05) is 6.92 Å². The smallest absolute Gasteiger partial charge is 0.326 e. The number of rotatable bonds is 6. The maximum atomic E-state index is 11.1. The van der Waals surface area contributed by atoms with E-state index in [1.165, 1.54) is 0 Å². The molecule has 1 atom stereocenters. The molecule has 3 N–H and O–H groups in total. The number of carboxylic acids is 1. The van der Waals surface area contributed by atoms with E-state index in [-0.39, 0.29) is 17.3 Å². The normalized spacial score (nSPS) is 11.6. The first-order valence-electron chi connectivity index (χ1n) is 4.80. The van der Waals surface area contributed by atoms with Crippen molar-refractivity contribution in [3.63, 3.8) is 0 Å². The molecule has 0 spiro atoms. The number of ketones is 1. The monoisotopic (exact) mass is 232 g/mol. The number of carbonyl (C=O) groups is 2. The van der Waals surface area contributed by atoms with E-state index >= 15 is 0 Å². The number of carbonyl (C=O) groups excluding carboxylic acids is 1. The van der Waals surface area contributed by atoms with Crippen LogP contribution in [0.15, 0.2) is 0 Å². The molecule has 0 aromatic rings. The van der Waals surface area contributed by atoms with Gasteiger partial charge in [0.2, 0.25) is 0 Å². The number of thiocarbonyl (C=S) groups is 1. The maximum Gasteiger partial charge on any atom is 0.326 e. The molecule has 15 heavy (non-hydrogen) atoms. The molecule has 0 radical (unpaired) electrons. The van der Waals surface area contributed by atoms with Gasteiger partial charge in [0, 0.05) is 19.4 Å². The molecule has 86 valence electrons. The van der Waals surface area contributed by atoms with Crippen molar-refractivity contribution >= 4 is 29.1 Å². The molecule has 0 amide bonds. The Balaban J connectivity index is 4.22. The Morgan fingerprint density at radius 2 is 2.00 bits per heavy atom. The van der Waals surface area contributed by atoms with Crippen LogP contribution in [0, 0.1) is 0 Å². The molecule has 0 aliphatic carbocycles. The second-order valence-corrected chi connectivity index (χ2v) is 3.40. The lowest BCUT2D eigenvalue weighted by Crippen LogP contribution is -2.46. The van der Waals surface area contributed by atoms with E-state index in [0.717, 1.165) is 0 Å². The average molecular weight is 232 g/mol. The van der Waals surface area contributed by atoms with Gasteiger partial charge in [-0.05, 0) is 19.1 Å². The first-order chi connectivity index (χ1) is 7.01. The van der Waals surface area contributed by atoms with Crippen molar-refractivity contribution in [2.45, 2.75) is 32.7 Å². The summed E-state index contributed by atoms with van der Waals surface area (Å²) in [6.45, 7) is 4.16. The lowest BCUT2D eigenvalue weighted by Gasteiger charge is -2.15. The highest BCUT2D eigenvalue weighted by atomic mass is 32.1. The summed E-state index contributed by atoms with van der Waals surface area (Å²) < 4.78 is 0. The summed E-state index contributed by atoms with van der Waals surface area (Å²) in [4.78, 5) is 21.9. The highest BCUT2D eigenvalue weighted by molar-refractivity contribution is 7.80. The summed E-state index contributed by atoms with van der Waals surface area (Å²) in [5.74, 6) is -1.17. The molecule has 5 nitrogen and oxygen atoms in total. The quantitative estimate of drug-likeness (QED) is 0.571. The molecule has 0 rings (SSSR count). The Hall–Kier alpha value is -1.17. The Kier molecular flexibility index (Phi) is 6.61. The van der Waals surface area contributed by atoms with Crippen molar-refractivity contribution in [2.75, 3.05) is 6.54 Å². The average Bonchev–Trinajstić information content (AvgIpc) is 2.16. The maximum absolute atomic E-state index is 11.1. The third-order valence-corrected chi connectivity index (χ3v) is 2.03. The van der Waals surface area contributed by atoms with Crippen LogP contribution in [0.1, 0.15) is 26.7 Å². The zero-order chi connectivity index (χ0) is 11.8. The van der Waals surface area contributed by atoms with Crippen LogP contribution >= 0.6 is 12.2 Å². The number of aliphatic carboxylic acids is 1. The SMILES string of the molecule is CCNC(=S)NC(CC(=O)CC)C(=O)O. The van der Waals surface area contributed by atoms with Crippen LogP contribution in [-0.4, -0.2) is 34.6 Å². The van der Waals surface area contributed by atoms with Crippen LogP contribution in [0.4, 0.5) is 0 Å². The molecule has 0 aromatic carbocycles. The lowest BCUT2D eigenvalue weighted by molar-refractivity contribution is -0.140. The van der Waals surface area contributed by atoms with Crippen molar-refractivity contribution in [3.8, 4) is 0 Å². The summed E-state index contributed by atoms with van der Waals surface area (Å²) in [5, 5.41) is 14.4. The number of hydrogen-bond donors (Lipinski definition) is 3. The van der Waals surface area contributed by atoms with Crippen molar-refractivity contribution in [1.82, 2.24) is 10.6 Å². The number of nitrogens with one attached hydrogen (secondary N) is 2. The molecular formula is C9H16N2O3S. The zero-order valence-electron chi connectivity index (χ0n) is 8.87. The van der Waals surface area contributed by atoms with Crippen molar-refractivity contribution < 1.29 is 14.7 Å². The molecule has 6 heteroatoms. The van der Waals surface area contributed by atoms with Gasteiger partial charge in [-0.1, -0.05) is 6.92 Å². The van der Waals surface area contributed by atoms with Crippen molar-refractivity contribution in [2.24, 2.45) is 0 Å². The standard InChI is InChI=1S/C9H16N2O3S/c1-3-6(12)5-7(8(13)14)11-9(15)10-4-2/h7H,3-5H2,1-2H3,(H,13,14)(H2,10,11,15). The Morgan fingerprint density at radius 3 is 2.40 bits per heavy atom. The highest BCUT2D eigenvalue weighted by Gasteiger charge is 2.20. The second-order valence-electron chi connectivity index (χ2n) is 2.99. The number of hydrogen-bond acceptors (Lipinski definition) is 3. The molecule has 0 aromatic heterocycles. The number of Topliss-reactive ketones (excluding diaryl/α,β-unsaturated/α-hetero) is 1. The van der Waals surface area contributed by atoms with E-state index in [9.17, 15) is 9.59 Å². The van der Waals surface area contributed by atoms with E-state index in [2.05, 4.69) is 10.6 Å². The predicted molar refractivity (Wildman–Crippen MR) is 60.7 cm³/mol. The van der Waals surface area contributed by atoms with E-state index in [1.54, 1.807) is 6.92 Å². The molecule has 0 heterocycles. The van der Waals surface area contributed by atoms with Crippen molar-refractivity contribution in [3.05, 3.63) is 0 Å². The first kappa shape index (κ1) is 13.8. The van der Waals surface area contributed by atoms with Crippen LogP contribution in [0.3, 0.4) is 0 Å². The summed E-state index contributed by atoms with van der Waals surface area (Å²) >= 11 is 4.84. The van der Waals surface area contributed by atoms with Gasteiger partial charge in [-0.15, -0.1) is 0 Å². The molecule has 0 fully saturated rings. The fourth-order valence-electron chi connectivity index (χ4n) is 0.942. The van der Waals surface area contributed by atoms with Crippen LogP contribution in [-0.2, 0) is 9.59 Å². The number of carboxylic acid groups (broad SMARTS) is 1. The van der Waals surface area contributed by atoms with Crippen molar-refractivity contribution in [1.29, 1.82) is 0 Å². The Bertz CT molecular complexity index is 256. The third-order valence-electron chi connectivity index (χ3n) is 1.77. The molecule has 0 aliphatic rings. The largest absolute Gasteiger partial charge is 0.480 e. The summed E-state index contributed by atoms with van der Waals surface area (Å²) in [6, 6.07) is -0.941. The summed E-state index contributed by atoms with van der Waals surface area (Å²) in [5.41, 5.74) is 0. The van der Waals surface area contributed by atoms with Gasteiger partial charge in [0.25, 0.3) is 0 Å². The highest BCUT2D eigenvalue weighted by Crippen LogP contribution is 1.97. The predicted octanol–water partition coefficient (Wildman–Crippen LogP) is 0.293. The molecule has 1 unspecified atom stereocenters. The van der Waals surface area contributed by atoms with Gasteiger partial charge in [-0.2, -0.15) is 0 Å². The Morgan fingerprint density at radius 1 is 1.40 bits per heavy atom. The van der Waals surface area contributed by atoms with Crippen LogP contribution < -0.4 is 10.6 Å². The second kappa shape index (κ2) is 7.17. The molecule has 0 bridgehead atoms. The molecule has 0 aliphatic heterocycles. The zero-order valence-corrected chi connectivity index (χ0v) is 9.69. The van der Waals surface area contributed by atoms with E-state index in [0.29, 0.717) is 13.0 Å². The minimum atomic E-state index is -1.07. The lowest BCUT2D eigenvalue weighted by atomic mass is 10.1. The van der Waals surface area contributed by atoms with E-state index < -0.39 is 12.0 Å². The minimum Gasteiger partial charge on any atom is -0.480 e. The first-order valence-corrected chi connectivity index (χ1v) is 5.20. The van der Waals surface area contributed by atoms with Gasteiger partial charge < -0.3 is 15.7 Å². The van der Waals surface area contributed by atoms with Gasteiger partial charge in [0.1, 0.15) is 11.8 Å². The van der Waals surface area contributed by atoms with Crippen LogP contribution in [0.2, 0.25) is 0 Å². The Labute approximate surface area is 94.2 Å². The summed E-state index contributed by atoms with van der Waals surface area (Å²) in [6.07, 6.45) is 0.288. The van der Waals surface area contributed by atoms with Gasteiger partial charge in [-0.3, -0.25) is 4.79 Å². The molecule has 0 saturated heterocycles. The van der Waals surface area contributed by atoms with Crippen LogP contribution in [0.5, 0.6) is 0 Å². The van der Waals surface area contributed by atoms with E-state index in [4.69, 9.17) is 17.3 Å². The van der Waals surface area contributed by atoms with Gasteiger partial charge in [0.05, 0.1) is 0 Å².